The van der Waals surface area contributed by atoms with Crippen LogP contribution < -0.4 is 11.1 Å². The normalized spacial score (nSPS) is 13.7. The summed E-state index contributed by atoms with van der Waals surface area (Å²) in [6, 6.07) is 4.09. The lowest BCUT2D eigenvalue weighted by Crippen LogP contribution is -2.43. The van der Waals surface area contributed by atoms with Crippen molar-refractivity contribution in [1.82, 2.24) is 14.8 Å². The van der Waals surface area contributed by atoms with Crippen LogP contribution >= 0.6 is 0 Å². The number of likely N-dealkylation sites (N-methyl/N-ethyl adjacent to an activating group) is 1. The topological polar surface area (TPSA) is 121 Å². The van der Waals surface area contributed by atoms with Crippen LogP contribution in [0.25, 0.3) is 11.6 Å². The Hall–Kier alpha value is -3.50. The molecule has 9 nitrogen and oxygen atoms in total. The molecule has 1 aliphatic heterocycles. The summed E-state index contributed by atoms with van der Waals surface area (Å²) in [7, 11) is 0. The standard InChI is InChI=1S/C27H36FN5O4/c1-5-32(6-2)12-13-33(27(36)37-14-8-7-11-29)26(35)24-17(3)23(30-18(24)4)16-21-20-15-19(28)9-10-22(20)31-25(21)34/h9-10,15-16,30H,5-8,11-14,29H2,1-4H3,(H,31,34)/b21-16-. The fourth-order valence-corrected chi connectivity index (χ4v) is 4.36. The van der Waals surface area contributed by atoms with Crippen LogP contribution in [-0.4, -0.2) is 72.0 Å². The third-order valence-corrected chi connectivity index (χ3v) is 6.57. The zero-order chi connectivity index (χ0) is 27.1. The molecule has 0 spiro atoms. The van der Waals surface area contributed by atoms with Gasteiger partial charge in [-0.05, 0) is 76.2 Å². The van der Waals surface area contributed by atoms with Crippen LogP contribution in [0.3, 0.4) is 0 Å². The second-order valence-corrected chi connectivity index (χ2v) is 8.96. The van der Waals surface area contributed by atoms with Crippen molar-refractivity contribution in [2.75, 3.05) is 44.6 Å². The highest BCUT2D eigenvalue weighted by Crippen LogP contribution is 2.34. The van der Waals surface area contributed by atoms with Crippen molar-refractivity contribution < 1.29 is 23.5 Å². The molecule has 0 unspecified atom stereocenters. The van der Waals surface area contributed by atoms with Crippen LogP contribution in [0.2, 0.25) is 0 Å². The van der Waals surface area contributed by atoms with Crippen LogP contribution in [0.15, 0.2) is 18.2 Å². The first kappa shape index (κ1) is 28.1. The zero-order valence-corrected chi connectivity index (χ0v) is 21.9. The maximum atomic E-state index is 13.9. The van der Waals surface area contributed by atoms with Gasteiger partial charge in [-0.2, -0.15) is 0 Å². The summed E-state index contributed by atoms with van der Waals surface area (Å²) < 4.78 is 19.2. The molecule has 37 heavy (non-hydrogen) atoms. The molecule has 0 atom stereocenters. The van der Waals surface area contributed by atoms with Crippen molar-refractivity contribution in [2.45, 2.75) is 40.5 Å². The number of hydrogen-bond donors (Lipinski definition) is 3. The summed E-state index contributed by atoms with van der Waals surface area (Å²) in [4.78, 5) is 45.6. The number of hydrogen-bond acceptors (Lipinski definition) is 6. The molecule has 1 aromatic heterocycles. The molecule has 1 aliphatic rings. The fraction of sp³-hybridized carbons (Fsp3) is 0.444. The number of carbonyl (C=O) groups excluding carboxylic acids is 3. The molecule has 200 valence electrons. The molecule has 10 heteroatoms. The molecule has 1 aromatic carbocycles. The average Bonchev–Trinajstić information content (AvgIpc) is 3.33. The molecule has 3 rings (SSSR count). The molecule has 2 heterocycles. The maximum Gasteiger partial charge on any atom is 0.416 e. The number of ether oxygens (including phenoxy) is 1. The predicted molar refractivity (Wildman–Crippen MR) is 142 cm³/mol. The van der Waals surface area contributed by atoms with Gasteiger partial charge in [-0.15, -0.1) is 0 Å². The number of aromatic amines is 1. The number of nitrogens with one attached hydrogen (secondary N) is 2. The number of amides is 3. The first-order valence-corrected chi connectivity index (χ1v) is 12.6. The van der Waals surface area contributed by atoms with E-state index in [4.69, 9.17) is 10.5 Å². The Balaban J connectivity index is 1.91. The highest BCUT2D eigenvalue weighted by molar-refractivity contribution is 6.35. The van der Waals surface area contributed by atoms with Gasteiger partial charge < -0.3 is 25.7 Å². The number of carbonyl (C=O) groups is 3. The van der Waals surface area contributed by atoms with E-state index in [0.717, 1.165) is 24.4 Å². The van der Waals surface area contributed by atoms with Gasteiger partial charge in [0.1, 0.15) is 5.82 Å². The lowest BCUT2D eigenvalue weighted by Gasteiger charge is -2.25. The Labute approximate surface area is 216 Å². The Kier molecular flexibility index (Phi) is 9.60. The Morgan fingerprint density at radius 3 is 2.54 bits per heavy atom. The SMILES string of the molecule is CCN(CC)CCN(C(=O)OCCCCN)C(=O)c1c(C)[nH]c(/C=C2\C(=O)Nc3ccc(F)cc32)c1C. The van der Waals surface area contributed by atoms with Gasteiger partial charge in [0.25, 0.3) is 11.8 Å². The number of nitrogens with two attached hydrogens (primary N) is 1. The van der Waals surface area contributed by atoms with Crippen LogP contribution in [0, 0.1) is 19.7 Å². The lowest BCUT2D eigenvalue weighted by molar-refractivity contribution is -0.110. The van der Waals surface area contributed by atoms with E-state index in [9.17, 15) is 18.8 Å². The third-order valence-electron chi connectivity index (χ3n) is 6.57. The number of H-pyrrole nitrogens is 1. The number of aromatic nitrogens is 1. The highest BCUT2D eigenvalue weighted by atomic mass is 19.1. The summed E-state index contributed by atoms with van der Waals surface area (Å²) in [5.41, 5.74) is 8.77. The quantitative estimate of drug-likeness (QED) is 0.309. The van der Waals surface area contributed by atoms with Crippen LogP contribution in [0.1, 0.15) is 59.6 Å². The van der Waals surface area contributed by atoms with E-state index < -0.39 is 17.8 Å². The minimum absolute atomic E-state index is 0.172. The number of halogens is 1. The predicted octanol–water partition coefficient (Wildman–Crippen LogP) is 3.92. The number of fused-ring (bicyclic) bond motifs is 1. The molecule has 3 amide bonds. The molecular weight excluding hydrogens is 477 g/mol. The molecule has 0 saturated heterocycles. The van der Waals surface area contributed by atoms with Crippen molar-refractivity contribution >= 4 is 35.2 Å². The van der Waals surface area contributed by atoms with E-state index >= 15 is 0 Å². The van der Waals surface area contributed by atoms with Crippen molar-refractivity contribution in [1.29, 1.82) is 0 Å². The van der Waals surface area contributed by atoms with Gasteiger partial charge >= 0.3 is 6.09 Å². The lowest BCUT2D eigenvalue weighted by atomic mass is 10.0. The molecule has 4 N–H and O–H groups in total. The summed E-state index contributed by atoms with van der Waals surface area (Å²) in [5.74, 6) is -1.29. The second kappa shape index (κ2) is 12.6. The fourth-order valence-electron chi connectivity index (χ4n) is 4.36. The van der Waals surface area contributed by atoms with Gasteiger partial charge in [0.05, 0.1) is 17.7 Å². The second-order valence-electron chi connectivity index (χ2n) is 8.96. The summed E-state index contributed by atoms with van der Waals surface area (Å²) in [6.07, 6.45) is 2.24. The third kappa shape index (κ3) is 6.44. The number of benzene rings is 1. The highest BCUT2D eigenvalue weighted by Gasteiger charge is 2.30. The van der Waals surface area contributed by atoms with Crippen LogP contribution in [0.4, 0.5) is 14.9 Å². The first-order valence-electron chi connectivity index (χ1n) is 12.6. The molecule has 0 saturated carbocycles. The number of anilines is 1. The van der Waals surface area contributed by atoms with Crippen LogP contribution in [0.5, 0.6) is 0 Å². The molecule has 2 aromatic rings. The van der Waals surface area contributed by atoms with Gasteiger partial charge in [-0.1, -0.05) is 13.8 Å². The monoisotopic (exact) mass is 513 g/mol. The van der Waals surface area contributed by atoms with Crippen molar-refractivity contribution in [3.63, 3.8) is 0 Å². The summed E-state index contributed by atoms with van der Waals surface area (Å²) in [5, 5.41) is 2.72. The maximum absolute atomic E-state index is 13.9. The van der Waals surface area contributed by atoms with Gasteiger partial charge in [-0.25, -0.2) is 14.1 Å². The van der Waals surface area contributed by atoms with E-state index in [-0.39, 0.29) is 24.6 Å². The Morgan fingerprint density at radius 1 is 1.14 bits per heavy atom. The van der Waals surface area contributed by atoms with E-state index in [2.05, 4.69) is 15.2 Å². The molecule has 0 radical (unpaired) electrons. The van der Waals surface area contributed by atoms with Gasteiger partial charge in [0.15, 0.2) is 0 Å². The van der Waals surface area contributed by atoms with Crippen LogP contribution in [-0.2, 0) is 9.53 Å². The minimum atomic E-state index is -0.700. The number of nitrogens with zero attached hydrogens (tertiary/aromatic N) is 2. The molecular formula is C27H36FN5O4. The smallest absolute Gasteiger partial charge is 0.416 e. The first-order chi connectivity index (χ1) is 17.7. The number of rotatable bonds is 11. The van der Waals surface area contributed by atoms with Gasteiger partial charge in [-0.3, -0.25) is 9.59 Å². The molecule has 0 aliphatic carbocycles. The Bertz CT molecular complexity index is 1190. The van der Waals surface area contributed by atoms with Gasteiger partial charge in [0.2, 0.25) is 0 Å². The number of imide groups is 1. The summed E-state index contributed by atoms with van der Waals surface area (Å²) in [6.45, 7) is 10.5. The van der Waals surface area contributed by atoms with E-state index in [1.807, 2.05) is 13.8 Å². The molecule has 0 bridgehead atoms. The van der Waals surface area contributed by atoms with E-state index in [0.29, 0.717) is 53.3 Å². The van der Waals surface area contributed by atoms with Crippen molar-refractivity contribution in [3.8, 4) is 0 Å². The van der Waals surface area contributed by atoms with E-state index in [1.54, 1.807) is 19.9 Å². The largest absolute Gasteiger partial charge is 0.449 e. The van der Waals surface area contributed by atoms with E-state index in [1.165, 1.54) is 18.2 Å². The zero-order valence-electron chi connectivity index (χ0n) is 21.9. The number of unbranched alkanes of at least 4 members (excludes halogenated alkanes) is 1. The number of aryl methyl sites for hydroxylation is 1. The summed E-state index contributed by atoms with van der Waals surface area (Å²) >= 11 is 0. The Morgan fingerprint density at radius 2 is 1.86 bits per heavy atom. The minimum Gasteiger partial charge on any atom is -0.449 e. The van der Waals surface area contributed by atoms with Crippen molar-refractivity contribution in [2.24, 2.45) is 5.73 Å². The van der Waals surface area contributed by atoms with Crippen molar-refractivity contribution in [3.05, 3.63) is 52.1 Å². The molecule has 0 fully saturated rings. The van der Waals surface area contributed by atoms with Gasteiger partial charge in [0, 0.05) is 35.7 Å². The average molecular weight is 514 g/mol.